The molecule has 0 radical (unpaired) electrons. The lowest BCUT2D eigenvalue weighted by molar-refractivity contribution is -0.159. The minimum Gasteiger partial charge on any atom is -0.508 e. The maximum Gasteiger partial charge on any atom is 0.255 e. The highest BCUT2D eigenvalue weighted by Crippen LogP contribution is 2.53. The number of hydrogen-bond donors (Lipinski definition) is 5. The number of ketones is 2. The summed E-state index contributed by atoms with van der Waals surface area (Å²) in [5.74, 6) is -6.65. The number of phenols is 1. The van der Waals surface area contributed by atoms with E-state index in [1.54, 1.807) is 25.2 Å². The third-order valence-corrected chi connectivity index (χ3v) is 7.71. The van der Waals surface area contributed by atoms with Crippen molar-refractivity contribution < 1.29 is 39.6 Å². The van der Waals surface area contributed by atoms with Gasteiger partial charge in [-0.05, 0) is 57.0 Å². The summed E-state index contributed by atoms with van der Waals surface area (Å²) in [6.07, 6.45) is 0.283. The summed E-state index contributed by atoms with van der Waals surface area (Å²) in [6, 6.07) is 2.03. The van der Waals surface area contributed by atoms with Crippen molar-refractivity contribution >= 4 is 23.2 Å². The fourth-order valence-electron chi connectivity index (χ4n) is 6.08. The van der Waals surface area contributed by atoms with Gasteiger partial charge in [0.1, 0.15) is 22.8 Å². The van der Waals surface area contributed by atoms with Crippen molar-refractivity contribution in [2.45, 2.75) is 44.9 Å². The van der Waals surface area contributed by atoms with E-state index in [-0.39, 0.29) is 29.7 Å². The monoisotopic (exact) mass is 515 g/mol. The first-order valence-electron chi connectivity index (χ1n) is 12.3. The maximum atomic E-state index is 13.8. The van der Waals surface area contributed by atoms with E-state index in [1.807, 2.05) is 13.8 Å². The molecule has 1 aromatic rings. The Morgan fingerprint density at radius 1 is 1.19 bits per heavy atom. The van der Waals surface area contributed by atoms with Gasteiger partial charge in [-0.25, -0.2) is 0 Å². The molecule has 3 aliphatic rings. The standard InChI is InChI=1S/C26H33N3O8/c1-5-29(37-6-2)11-12-7-8-16(30)18-14(12)9-13-10-15-20(28(3)4)22(32)19(25(27)35)24(34)26(15,36)23(33)17(13)21(18)31/h7-8,13,15,20,30-31,34,36H,5-6,9-11H2,1-4H3,(H2,27,35)/t13?,15?,20-,26-/m0/s1. The fourth-order valence-corrected chi connectivity index (χ4v) is 6.08. The van der Waals surface area contributed by atoms with Crippen LogP contribution in [0.5, 0.6) is 5.75 Å². The molecule has 0 bridgehead atoms. The second-order valence-electron chi connectivity index (χ2n) is 9.93. The summed E-state index contributed by atoms with van der Waals surface area (Å²) in [4.78, 5) is 46.2. The lowest BCUT2D eigenvalue weighted by Crippen LogP contribution is -2.65. The maximum absolute atomic E-state index is 13.8. The number of hydrogen-bond acceptors (Lipinski definition) is 10. The molecule has 0 aliphatic heterocycles. The zero-order chi connectivity index (χ0) is 27.4. The number of hydroxylamine groups is 2. The van der Waals surface area contributed by atoms with Crippen molar-refractivity contribution in [2.75, 3.05) is 27.2 Å². The SMILES string of the molecule is CCON(CC)Cc1ccc(O)c2c1CC1CC3[C@H](N(C)C)C(=O)C(C(N)=O)=C(O)[C@@]3(O)C(=O)C1=C2O. The molecule has 1 saturated carbocycles. The minimum atomic E-state index is -2.65. The van der Waals surface area contributed by atoms with Crippen LogP contribution in [0.2, 0.25) is 0 Å². The van der Waals surface area contributed by atoms with Gasteiger partial charge in [-0.3, -0.25) is 24.1 Å². The molecule has 11 nitrogen and oxygen atoms in total. The molecular formula is C26H33N3O8. The number of carbonyl (C=O) groups is 3. The van der Waals surface area contributed by atoms with E-state index in [2.05, 4.69) is 0 Å². The zero-order valence-corrected chi connectivity index (χ0v) is 21.3. The van der Waals surface area contributed by atoms with Crippen LogP contribution in [0, 0.1) is 11.8 Å². The molecule has 4 rings (SSSR count). The highest BCUT2D eigenvalue weighted by atomic mass is 16.7. The first-order chi connectivity index (χ1) is 17.4. The molecule has 0 spiro atoms. The van der Waals surface area contributed by atoms with E-state index >= 15 is 0 Å². The number of benzene rings is 1. The van der Waals surface area contributed by atoms with Crippen molar-refractivity contribution in [2.24, 2.45) is 17.6 Å². The number of primary amides is 1. The van der Waals surface area contributed by atoms with Gasteiger partial charge in [0.05, 0.1) is 18.2 Å². The number of aliphatic hydroxyl groups excluding tert-OH is 2. The van der Waals surface area contributed by atoms with Crippen LogP contribution in [0.1, 0.15) is 37.0 Å². The predicted octanol–water partition coefficient (Wildman–Crippen LogP) is 0.737. The van der Waals surface area contributed by atoms with Crippen molar-refractivity contribution in [1.29, 1.82) is 0 Å². The molecular weight excluding hydrogens is 482 g/mol. The molecule has 4 atom stereocenters. The third-order valence-electron chi connectivity index (χ3n) is 7.71. The van der Waals surface area contributed by atoms with Crippen LogP contribution >= 0.6 is 0 Å². The second-order valence-corrected chi connectivity index (χ2v) is 9.93. The zero-order valence-electron chi connectivity index (χ0n) is 21.3. The van der Waals surface area contributed by atoms with Gasteiger partial charge in [-0.1, -0.05) is 13.0 Å². The van der Waals surface area contributed by atoms with Gasteiger partial charge in [-0.2, -0.15) is 5.06 Å². The molecule has 1 fully saturated rings. The van der Waals surface area contributed by atoms with Gasteiger partial charge in [0.2, 0.25) is 5.78 Å². The van der Waals surface area contributed by atoms with Gasteiger partial charge in [0, 0.05) is 24.6 Å². The van der Waals surface area contributed by atoms with Crippen molar-refractivity contribution in [3.8, 4) is 5.75 Å². The summed E-state index contributed by atoms with van der Waals surface area (Å²) in [6.45, 7) is 5.22. The van der Waals surface area contributed by atoms with E-state index in [9.17, 15) is 34.8 Å². The van der Waals surface area contributed by atoms with E-state index < -0.39 is 58.0 Å². The Kier molecular flexibility index (Phi) is 6.93. The molecule has 0 heterocycles. The number of nitrogens with two attached hydrogens (primary N) is 1. The Morgan fingerprint density at radius 2 is 1.86 bits per heavy atom. The topological polar surface area (TPSA) is 174 Å². The number of Topliss-reactive ketones (excluding diaryl/α,β-unsaturated/α-hetero) is 2. The predicted molar refractivity (Wildman–Crippen MR) is 132 cm³/mol. The average Bonchev–Trinajstić information content (AvgIpc) is 2.82. The Labute approximate surface area is 214 Å². The number of nitrogens with zero attached hydrogens (tertiary/aromatic N) is 2. The number of amides is 1. The summed E-state index contributed by atoms with van der Waals surface area (Å²) in [5.41, 5.74) is 3.17. The first kappa shape index (κ1) is 26.8. The second kappa shape index (κ2) is 9.56. The number of phenolic OH excluding ortho intramolecular Hbond substituents is 1. The van der Waals surface area contributed by atoms with Crippen LogP contribution in [-0.2, 0) is 32.2 Å². The van der Waals surface area contributed by atoms with E-state index in [4.69, 9.17) is 10.6 Å². The molecule has 6 N–H and O–H groups in total. The Hall–Kier alpha value is -3.25. The van der Waals surface area contributed by atoms with Gasteiger partial charge >= 0.3 is 0 Å². The largest absolute Gasteiger partial charge is 0.508 e. The third kappa shape index (κ3) is 3.93. The number of aliphatic hydroxyl groups is 3. The normalized spacial score (nSPS) is 27.5. The molecule has 1 aromatic carbocycles. The molecule has 200 valence electrons. The summed E-state index contributed by atoms with van der Waals surface area (Å²) in [7, 11) is 3.13. The molecule has 0 saturated heterocycles. The quantitative estimate of drug-likeness (QED) is 0.257. The van der Waals surface area contributed by atoms with Crippen molar-refractivity contribution in [1.82, 2.24) is 9.96 Å². The Morgan fingerprint density at radius 3 is 2.43 bits per heavy atom. The van der Waals surface area contributed by atoms with E-state index in [0.717, 1.165) is 5.56 Å². The number of carbonyl (C=O) groups excluding carboxylic acids is 3. The van der Waals surface area contributed by atoms with Gasteiger partial charge in [-0.15, -0.1) is 0 Å². The van der Waals surface area contributed by atoms with Gasteiger partial charge < -0.3 is 26.2 Å². The van der Waals surface area contributed by atoms with Crippen LogP contribution < -0.4 is 5.73 Å². The van der Waals surface area contributed by atoms with Gasteiger partial charge in [0.25, 0.3) is 5.91 Å². The lowest BCUT2D eigenvalue weighted by atomic mass is 9.57. The Bertz CT molecular complexity index is 1240. The van der Waals surface area contributed by atoms with Crippen molar-refractivity contribution in [3.63, 3.8) is 0 Å². The molecule has 3 aliphatic carbocycles. The summed E-state index contributed by atoms with van der Waals surface area (Å²) >= 11 is 0. The van der Waals surface area contributed by atoms with E-state index in [1.165, 1.54) is 11.0 Å². The highest BCUT2D eigenvalue weighted by molar-refractivity contribution is 6.24. The summed E-state index contributed by atoms with van der Waals surface area (Å²) in [5, 5.41) is 46.2. The molecule has 11 heteroatoms. The van der Waals surface area contributed by atoms with Crippen LogP contribution in [0.4, 0.5) is 0 Å². The van der Waals surface area contributed by atoms with Crippen LogP contribution in [0.25, 0.3) is 5.76 Å². The number of fused-ring (bicyclic) bond motifs is 3. The first-order valence-corrected chi connectivity index (χ1v) is 12.3. The van der Waals surface area contributed by atoms with Crippen LogP contribution in [-0.4, -0.2) is 86.8 Å². The minimum absolute atomic E-state index is 0.0454. The van der Waals surface area contributed by atoms with Crippen molar-refractivity contribution in [3.05, 3.63) is 45.7 Å². The highest BCUT2D eigenvalue weighted by Gasteiger charge is 2.64. The van der Waals surface area contributed by atoms with Gasteiger partial charge in [0.15, 0.2) is 11.4 Å². The molecule has 2 unspecified atom stereocenters. The summed E-state index contributed by atoms with van der Waals surface area (Å²) < 4.78 is 0. The molecule has 37 heavy (non-hydrogen) atoms. The number of likely N-dealkylation sites (N-methyl/N-ethyl adjacent to an activating group) is 1. The molecule has 0 aromatic heterocycles. The number of aromatic hydroxyl groups is 1. The smallest absolute Gasteiger partial charge is 0.255 e. The fraction of sp³-hybridized carbons (Fsp3) is 0.500. The lowest BCUT2D eigenvalue weighted by Gasteiger charge is -2.50. The Balaban J connectivity index is 1.90. The van der Waals surface area contributed by atoms with E-state index in [0.29, 0.717) is 25.3 Å². The molecule has 1 amide bonds. The average molecular weight is 516 g/mol. The van der Waals surface area contributed by atoms with Crippen LogP contribution in [0.3, 0.4) is 0 Å². The number of rotatable bonds is 7. The van der Waals surface area contributed by atoms with Crippen LogP contribution in [0.15, 0.2) is 29.0 Å².